The lowest BCUT2D eigenvalue weighted by Gasteiger charge is -2.19. The maximum atomic E-state index is 12.4. The summed E-state index contributed by atoms with van der Waals surface area (Å²) in [4.78, 5) is 28.5. The Balaban J connectivity index is 2.43. The molecule has 3 rings (SSSR count). The number of aromatic nitrogens is 2. The zero-order valence-electron chi connectivity index (χ0n) is 10.1. The Morgan fingerprint density at radius 3 is 3.06 bits per heavy atom. The van der Waals surface area contributed by atoms with E-state index in [9.17, 15) is 9.59 Å². The van der Waals surface area contributed by atoms with Crippen molar-refractivity contribution in [1.29, 1.82) is 0 Å². The van der Waals surface area contributed by atoms with Crippen LogP contribution in [0, 0.1) is 0 Å². The van der Waals surface area contributed by atoms with Crippen molar-refractivity contribution < 1.29 is 4.79 Å². The van der Waals surface area contributed by atoms with Gasteiger partial charge in [0.2, 0.25) is 0 Å². The molecule has 0 unspecified atom stereocenters. The van der Waals surface area contributed by atoms with Gasteiger partial charge in [-0.3, -0.25) is 14.2 Å². The van der Waals surface area contributed by atoms with Gasteiger partial charge >= 0.3 is 0 Å². The highest BCUT2D eigenvalue weighted by molar-refractivity contribution is 6.05. The molecule has 1 aliphatic rings. The average molecular weight is 243 g/mol. The Labute approximate surface area is 103 Å². The first-order chi connectivity index (χ1) is 8.68. The monoisotopic (exact) mass is 243 g/mol. The maximum Gasteiger partial charge on any atom is 0.262 e. The summed E-state index contributed by atoms with van der Waals surface area (Å²) in [6.45, 7) is 3.42. The van der Waals surface area contributed by atoms with Crippen molar-refractivity contribution in [2.24, 2.45) is 0 Å². The van der Waals surface area contributed by atoms with Gasteiger partial charge in [0, 0.05) is 18.7 Å². The van der Waals surface area contributed by atoms with Gasteiger partial charge in [-0.25, -0.2) is 4.98 Å². The molecule has 0 saturated heterocycles. The molecule has 0 radical (unpaired) electrons. The topological polar surface area (TPSA) is 64.0 Å². The molecule has 0 bridgehead atoms. The largest absolute Gasteiger partial charge is 0.308 e. The van der Waals surface area contributed by atoms with Crippen LogP contribution in [0.5, 0.6) is 0 Å². The molecule has 2 aromatic rings. The molecule has 0 atom stereocenters. The maximum absolute atomic E-state index is 12.4. The number of benzene rings is 1. The van der Waals surface area contributed by atoms with Gasteiger partial charge in [-0.05, 0) is 13.0 Å². The van der Waals surface area contributed by atoms with Crippen LogP contribution >= 0.6 is 0 Å². The number of ketones is 1. The van der Waals surface area contributed by atoms with Crippen LogP contribution in [0.4, 0.5) is 0 Å². The second-order valence-corrected chi connectivity index (χ2v) is 4.42. The molecule has 18 heavy (non-hydrogen) atoms. The Bertz CT molecular complexity index is 703. The summed E-state index contributed by atoms with van der Waals surface area (Å²) in [6, 6.07) is 5.22. The molecule has 0 saturated carbocycles. The van der Waals surface area contributed by atoms with E-state index < -0.39 is 0 Å². The minimum absolute atomic E-state index is 0.103. The van der Waals surface area contributed by atoms with Crippen LogP contribution in [-0.2, 0) is 13.1 Å². The fourth-order valence-electron chi connectivity index (χ4n) is 2.36. The van der Waals surface area contributed by atoms with Gasteiger partial charge < -0.3 is 5.32 Å². The summed E-state index contributed by atoms with van der Waals surface area (Å²) in [5, 5.41) is 3.62. The van der Waals surface area contributed by atoms with Gasteiger partial charge in [0.1, 0.15) is 5.82 Å². The summed E-state index contributed by atoms with van der Waals surface area (Å²) in [6.07, 6.45) is 0. The van der Waals surface area contributed by atoms with Crippen LogP contribution in [0.25, 0.3) is 10.9 Å². The van der Waals surface area contributed by atoms with E-state index in [-0.39, 0.29) is 11.3 Å². The minimum Gasteiger partial charge on any atom is -0.308 e. The SMILES string of the molecule is CC(=O)c1cccc2nc3n(c(=O)c12)CCNC3. The molecule has 2 heterocycles. The second kappa shape index (κ2) is 4.03. The fourth-order valence-corrected chi connectivity index (χ4v) is 2.36. The van der Waals surface area contributed by atoms with Gasteiger partial charge in [-0.15, -0.1) is 0 Å². The van der Waals surface area contributed by atoms with E-state index in [4.69, 9.17) is 0 Å². The molecule has 5 heteroatoms. The van der Waals surface area contributed by atoms with E-state index in [2.05, 4.69) is 10.3 Å². The van der Waals surface area contributed by atoms with Crippen LogP contribution in [0.2, 0.25) is 0 Å². The number of hydrogen-bond donors (Lipinski definition) is 1. The molecule has 0 amide bonds. The van der Waals surface area contributed by atoms with E-state index >= 15 is 0 Å². The quantitative estimate of drug-likeness (QED) is 0.749. The molecule has 92 valence electrons. The molecular formula is C13H13N3O2. The minimum atomic E-state index is -0.109. The van der Waals surface area contributed by atoms with Gasteiger partial charge in [-0.1, -0.05) is 12.1 Å². The van der Waals surface area contributed by atoms with Crippen LogP contribution in [0.15, 0.2) is 23.0 Å². The fraction of sp³-hybridized carbons (Fsp3) is 0.308. The Kier molecular flexibility index (Phi) is 2.48. The third kappa shape index (κ3) is 1.55. The lowest BCUT2D eigenvalue weighted by Crippen LogP contribution is -2.37. The molecule has 1 N–H and O–H groups in total. The molecular weight excluding hydrogens is 230 g/mol. The van der Waals surface area contributed by atoms with Gasteiger partial charge in [0.15, 0.2) is 5.78 Å². The highest BCUT2D eigenvalue weighted by Gasteiger charge is 2.17. The standard InChI is InChI=1S/C13H13N3O2/c1-8(17)9-3-2-4-10-12(9)13(18)16-6-5-14-7-11(16)15-10/h2-4,14H,5-7H2,1H3. The Morgan fingerprint density at radius 2 is 2.28 bits per heavy atom. The first-order valence-corrected chi connectivity index (χ1v) is 5.92. The van der Waals surface area contributed by atoms with Crippen LogP contribution in [-0.4, -0.2) is 21.9 Å². The Morgan fingerprint density at radius 1 is 1.44 bits per heavy atom. The van der Waals surface area contributed by atoms with Crippen molar-refractivity contribution in [2.75, 3.05) is 6.54 Å². The normalized spacial score (nSPS) is 14.5. The van der Waals surface area contributed by atoms with Crippen molar-refractivity contribution in [1.82, 2.24) is 14.9 Å². The third-order valence-electron chi connectivity index (χ3n) is 3.24. The summed E-state index contributed by atoms with van der Waals surface area (Å²) in [5.74, 6) is 0.633. The van der Waals surface area contributed by atoms with E-state index in [0.29, 0.717) is 29.6 Å². The zero-order valence-corrected chi connectivity index (χ0v) is 10.1. The van der Waals surface area contributed by atoms with E-state index in [0.717, 1.165) is 12.4 Å². The zero-order chi connectivity index (χ0) is 12.7. The summed E-state index contributed by atoms with van der Waals surface area (Å²) < 4.78 is 1.66. The number of Topliss-reactive ketones (excluding diaryl/α,β-unsaturated/α-hetero) is 1. The number of carbonyl (C=O) groups is 1. The Hall–Kier alpha value is -2.01. The van der Waals surface area contributed by atoms with E-state index in [1.165, 1.54) is 6.92 Å². The number of fused-ring (bicyclic) bond motifs is 2. The highest BCUT2D eigenvalue weighted by atomic mass is 16.1. The lowest BCUT2D eigenvalue weighted by atomic mass is 10.1. The second-order valence-electron chi connectivity index (χ2n) is 4.42. The highest BCUT2D eigenvalue weighted by Crippen LogP contribution is 2.15. The first kappa shape index (κ1) is 11.1. The number of hydrogen-bond acceptors (Lipinski definition) is 4. The molecule has 0 aliphatic carbocycles. The van der Waals surface area contributed by atoms with Gasteiger partial charge in [0.05, 0.1) is 17.4 Å². The predicted molar refractivity (Wildman–Crippen MR) is 67.7 cm³/mol. The van der Waals surface area contributed by atoms with Crippen molar-refractivity contribution in [3.63, 3.8) is 0 Å². The number of carbonyl (C=O) groups excluding carboxylic acids is 1. The van der Waals surface area contributed by atoms with Crippen molar-refractivity contribution in [3.05, 3.63) is 39.9 Å². The van der Waals surface area contributed by atoms with E-state index in [1.54, 1.807) is 22.8 Å². The number of nitrogens with one attached hydrogen (secondary N) is 1. The van der Waals surface area contributed by atoms with Crippen LogP contribution < -0.4 is 10.9 Å². The molecule has 5 nitrogen and oxygen atoms in total. The van der Waals surface area contributed by atoms with Gasteiger partial charge in [0.25, 0.3) is 5.56 Å². The average Bonchev–Trinajstić information content (AvgIpc) is 2.38. The van der Waals surface area contributed by atoms with Crippen molar-refractivity contribution >= 4 is 16.7 Å². The smallest absolute Gasteiger partial charge is 0.262 e. The molecule has 0 fully saturated rings. The van der Waals surface area contributed by atoms with Crippen LogP contribution in [0.1, 0.15) is 23.1 Å². The summed E-state index contributed by atoms with van der Waals surface area (Å²) in [7, 11) is 0. The molecule has 1 aromatic carbocycles. The summed E-state index contributed by atoms with van der Waals surface area (Å²) >= 11 is 0. The number of rotatable bonds is 1. The first-order valence-electron chi connectivity index (χ1n) is 5.92. The number of nitrogens with zero attached hydrogens (tertiary/aromatic N) is 2. The molecule has 0 spiro atoms. The summed E-state index contributed by atoms with van der Waals surface area (Å²) in [5.41, 5.74) is 0.948. The third-order valence-corrected chi connectivity index (χ3v) is 3.24. The predicted octanol–water partition coefficient (Wildman–Crippen LogP) is 0.702. The molecule has 1 aliphatic heterocycles. The molecule has 1 aromatic heterocycles. The van der Waals surface area contributed by atoms with E-state index in [1.807, 2.05) is 0 Å². The van der Waals surface area contributed by atoms with Crippen LogP contribution in [0.3, 0.4) is 0 Å². The van der Waals surface area contributed by atoms with Crippen molar-refractivity contribution in [3.8, 4) is 0 Å². The van der Waals surface area contributed by atoms with Crippen molar-refractivity contribution in [2.45, 2.75) is 20.0 Å². The lowest BCUT2D eigenvalue weighted by molar-refractivity contribution is 0.101. The van der Waals surface area contributed by atoms with Gasteiger partial charge in [-0.2, -0.15) is 0 Å².